The maximum absolute atomic E-state index is 12.4. The van der Waals surface area contributed by atoms with Gasteiger partial charge in [0.05, 0.1) is 11.3 Å². The van der Waals surface area contributed by atoms with Crippen molar-refractivity contribution in [3.63, 3.8) is 0 Å². The number of hydrogen-bond acceptors (Lipinski definition) is 4. The molecule has 4 rings (SSSR count). The number of carbonyl (C=O) groups excluding carboxylic acids is 1. The van der Waals surface area contributed by atoms with Gasteiger partial charge in [-0.1, -0.05) is 54.1 Å². The summed E-state index contributed by atoms with van der Waals surface area (Å²) in [7, 11) is 0. The van der Waals surface area contributed by atoms with Crippen molar-refractivity contribution in [2.75, 3.05) is 11.9 Å². The molecule has 0 atom stereocenters. The summed E-state index contributed by atoms with van der Waals surface area (Å²) < 4.78 is 0. The molecule has 0 radical (unpaired) electrons. The Kier molecular flexibility index (Phi) is 6.88. The Morgan fingerprint density at radius 3 is 2.56 bits per heavy atom. The minimum absolute atomic E-state index is 0.155. The van der Waals surface area contributed by atoms with Crippen LogP contribution in [0, 0.1) is 6.92 Å². The third-order valence-corrected chi connectivity index (χ3v) is 5.22. The predicted molar refractivity (Wildman–Crippen MR) is 128 cm³/mol. The summed E-state index contributed by atoms with van der Waals surface area (Å²) in [5.41, 5.74) is 6.94. The van der Waals surface area contributed by atoms with Crippen LogP contribution in [0.4, 0.5) is 5.69 Å². The van der Waals surface area contributed by atoms with Crippen molar-refractivity contribution in [3.05, 3.63) is 114 Å². The molecule has 5 heteroatoms. The van der Waals surface area contributed by atoms with Gasteiger partial charge in [0.2, 0.25) is 0 Å². The third kappa shape index (κ3) is 5.58. The molecule has 0 saturated heterocycles. The third-order valence-electron chi connectivity index (χ3n) is 5.22. The molecular weight excluding hydrogens is 396 g/mol. The average molecular weight is 423 g/mol. The monoisotopic (exact) mass is 422 g/mol. The molecule has 0 aliphatic rings. The summed E-state index contributed by atoms with van der Waals surface area (Å²) in [5.74, 6) is -0.155. The van der Waals surface area contributed by atoms with Crippen LogP contribution >= 0.6 is 0 Å². The molecular formula is C27H26N4O. The quantitative estimate of drug-likeness (QED) is 0.418. The first-order valence-electron chi connectivity index (χ1n) is 10.7. The highest BCUT2D eigenvalue weighted by atomic mass is 16.1. The Balaban J connectivity index is 1.39. The number of benzene rings is 2. The molecule has 4 aromatic rings. The van der Waals surface area contributed by atoms with E-state index in [0.717, 1.165) is 35.5 Å². The summed E-state index contributed by atoms with van der Waals surface area (Å²) in [5, 5.41) is 6.43. The van der Waals surface area contributed by atoms with Crippen LogP contribution in [-0.4, -0.2) is 22.4 Å². The number of aromatic nitrogens is 2. The smallest absolute Gasteiger partial charge is 0.253 e. The summed E-state index contributed by atoms with van der Waals surface area (Å²) in [4.78, 5) is 21.1. The van der Waals surface area contributed by atoms with Crippen LogP contribution in [0.25, 0.3) is 11.3 Å². The normalized spacial score (nSPS) is 10.5. The van der Waals surface area contributed by atoms with Gasteiger partial charge in [-0.15, -0.1) is 0 Å². The van der Waals surface area contributed by atoms with Gasteiger partial charge in [-0.2, -0.15) is 0 Å². The SMILES string of the molecule is Cc1cccc(CCNc2ccccc2-c2ccc(C(=O)NCc3cccnc3)cn2)c1. The molecule has 0 aliphatic carbocycles. The van der Waals surface area contributed by atoms with Crippen LogP contribution in [0.2, 0.25) is 0 Å². The largest absolute Gasteiger partial charge is 0.384 e. The van der Waals surface area contributed by atoms with E-state index in [4.69, 9.17) is 0 Å². The second kappa shape index (κ2) is 10.4. The van der Waals surface area contributed by atoms with Gasteiger partial charge in [0, 0.05) is 42.9 Å². The van der Waals surface area contributed by atoms with Gasteiger partial charge >= 0.3 is 0 Å². The van der Waals surface area contributed by atoms with E-state index in [1.54, 1.807) is 18.6 Å². The number of anilines is 1. The van der Waals surface area contributed by atoms with E-state index in [2.05, 4.69) is 57.9 Å². The highest BCUT2D eigenvalue weighted by molar-refractivity contribution is 5.94. The van der Waals surface area contributed by atoms with Gasteiger partial charge in [-0.05, 0) is 48.7 Å². The Morgan fingerprint density at radius 1 is 0.906 bits per heavy atom. The Labute approximate surface area is 188 Å². The Bertz CT molecular complexity index is 1170. The first-order chi connectivity index (χ1) is 15.7. The van der Waals surface area contributed by atoms with Crippen LogP contribution in [0.1, 0.15) is 27.0 Å². The van der Waals surface area contributed by atoms with Gasteiger partial charge in [0.25, 0.3) is 5.91 Å². The standard InChI is InChI=1S/C27H26N4O/c1-20-6-4-7-21(16-20)13-15-29-25-10-3-2-9-24(25)26-12-11-23(19-30-26)27(32)31-18-22-8-5-14-28-17-22/h2-12,14,16-17,19,29H,13,15,18H2,1H3,(H,31,32). The molecule has 2 heterocycles. The van der Waals surface area contributed by atoms with Crippen LogP contribution < -0.4 is 10.6 Å². The summed E-state index contributed by atoms with van der Waals surface area (Å²) >= 11 is 0. The van der Waals surface area contributed by atoms with Crippen molar-refractivity contribution < 1.29 is 4.79 Å². The molecule has 1 amide bonds. The lowest BCUT2D eigenvalue weighted by atomic mass is 10.1. The molecule has 0 spiro atoms. The molecule has 0 aliphatic heterocycles. The molecule has 5 nitrogen and oxygen atoms in total. The maximum atomic E-state index is 12.4. The lowest BCUT2D eigenvalue weighted by molar-refractivity contribution is 0.0950. The minimum atomic E-state index is -0.155. The van der Waals surface area contributed by atoms with Gasteiger partial charge in [0.15, 0.2) is 0 Å². The number of rotatable bonds is 8. The summed E-state index contributed by atoms with van der Waals surface area (Å²) in [6.45, 7) is 3.37. The highest BCUT2D eigenvalue weighted by Crippen LogP contribution is 2.26. The fourth-order valence-corrected chi connectivity index (χ4v) is 3.54. The lowest BCUT2D eigenvalue weighted by Gasteiger charge is -2.12. The summed E-state index contributed by atoms with van der Waals surface area (Å²) in [6.07, 6.45) is 6.02. The number of pyridine rings is 2. The van der Waals surface area contributed by atoms with E-state index >= 15 is 0 Å². The van der Waals surface area contributed by atoms with E-state index in [-0.39, 0.29) is 5.91 Å². The van der Waals surface area contributed by atoms with Crippen molar-refractivity contribution in [1.82, 2.24) is 15.3 Å². The van der Waals surface area contributed by atoms with Crippen molar-refractivity contribution in [3.8, 4) is 11.3 Å². The molecule has 160 valence electrons. The zero-order valence-electron chi connectivity index (χ0n) is 18.1. The zero-order chi connectivity index (χ0) is 22.2. The van der Waals surface area contributed by atoms with Crippen molar-refractivity contribution in [2.24, 2.45) is 0 Å². The number of nitrogens with one attached hydrogen (secondary N) is 2. The van der Waals surface area contributed by atoms with E-state index in [9.17, 15) is 4.79 Å². The van der Waals surface area contributed by atoms with Crippen LogP contribution in [0.3, 0.4) is 0 Å². The van der Waals surface area contributed by atoms with Gasteiger partial charge < -0.3 is 10.6 Å². The molecule has 2 aromatic heterocycles. The Morgan fingerprint density at radius 2 is 1.78 bits per heavy atom. The number of para-hydroxylation sites is 1. The van der Waals surface area contributed by atoms with Gasteiger partial charge in [-0.25, -0.2) is 0 Å². The second-order valence-corrected chi connectivity index (χ2v) is 7.69. The number of nitrogens with zero attached hydrogens (tertiary/aromatic N) is 2. The van der Waals surface area contributed by atoms with E-state index in [0.29, 0.717) is 12.1 Å². The number of carbonyl (C=O) groups is 1. The fourth-order valence-electron chi connectivity index (χ4n) is 3.54. The van der Waals surface area contributed by atoms with Crippen LogP contribution in [0.5, 0.6) is 0 Å². The van der Waals surface area contributed by atoms with Crippen LogP contribution in [0.15, 0.2) is 91.4 Å². The molecule has 0 fully saturated rings. The van der Waals surface area contributed by atoms with E-state index in [1.165, 1.54) is 11.1 Å². The minimum Gasteiger partial charge on any atom is -0.384 e. The summed E-state index contributed by atoms with van der Waals surface area (Å²) in [6, 6.07) is 24.2. The van der Waals surface area contributed by atoms with Crippen molar-refractivity contribution in [2.45, 2.75) is 19.9 Å². The molecule has 0 saturated carbocycles. The predicted octanol–water partition coefficient (Wildman–Crippen LogP) is 5.04. The highest BCUT2D eigenvalue weighted by Gasteiger charge is 2.09. The Hall–Kier alpha value is -3.99. The van der Waals surface area contributed by atoms with Crippen LogP contribution in [-0.2, 0) is 13.0 Å². The van der Waals surface area contributed by atoms with Crippen molar-refractivity contribution in [1.29, 1.82) is 0 Å². The lowest BCUT2D eigenvalue weighted by Crippen LogP contribution is -2.22. The first kappa shape index (κ1) is 21.2. The fraction of sp³-hybridized carbons (Fsp3) is 0.148. The molecule has 0 bridgehead atoms. The first-order valence-corrected chi connectivity index (χ1v) is 10.7. The topological polar surface area (TPSA) is 66.9 Å². The molecule has 0 unspecified atom stereocenters. The van der Waals surface area contributed by atoms with Crippen molar-refractivity contribution >= 4 is 11.6 Å². The molecule has 2 N–H and O–H groups in total. The van der Waals surface area contributed by atoms with E-state index in [1.807, 2.05) is 42.5 Å². The zero-order valence-corrected chi connectivity index (χ0v) is 18.1. The number of aryl methyl sites for hydroxylation is 1. The average Bonchev–Trinajstić information content (AvgIpc) is 2.84. The number of hydrogen-bond donors (Lipinski definition) is 2. The van der Waals surface area contributed by atoms with Gasteiger partial charge in [-0.3, -0.25) is 14.8 Å². The number of amides is 1. The van der Waals surface area contributed by atoms with E-state index < -0.39 is 0 Å². The molecule has 2 aromatic carbocycles. The van der Waals surface area contributed by atoms with Gasteiger partial charge in [0.1, 0.15) is 0 Å². The second-order valence-electron chi connectivity index (χ2n) is 7.69. The molecule has 32 heavy (non-hydrogen) atoms. The maximum Gasteiger partial charge on any atom is 0.253 e.